The van der Waals surface area contributed by atoms with Gasteiger partial charge in [-0.15, -0.1) is 11.3 Å². The van der Waals surface area contributed by atoms with Gasteiger partial charge in [-0.25, -0.2) is 4.39 Å². The highest BCUT2D eigenvalue weighted by atomic mass is 32.1. The Morgan fingerprint density at radius 2 is 1.72 bits per heavy atom. The highest BCUT2D eigenvalue weighted by Crippen LogP contribution is 2.37. The first-order chi connectivity index (χ1) is 12.2. The third-order valence-corrected chi connectivity index (χ3v) is 5.71. The van der Waals surface area contributed by atoms with Crippen molar-refractivity contribution in [2.24, 2.45) is 10.9 Å². The molecule has 0 aliphatic heterocycles. The molecule has 0 bridgehead atoms. The highest BCUT2D eigenvalue weighted by molar-refractivity contribution is 7.78. The molecule has 4 heteroatoms. The first-order valence-corrected chi connectivity index (χ1v) is 9.52. The SMILES string of the molecule is Fc1cc(-c2ccc(-c3ccc(CC4CC4)s3)cc2)ccc1N=C=S. The standard InChI is InChI=1S/C21H16FNS2/c22-19-12-17(7-9-20(19)23-13-24)15-3-5-16(6-4-15)21-10-8-18(25-21)11-14-1-2-14/h3-10,12,14H,1-2,11H2. The second-order valence-electron chi connectivity index (χ2n) is 6.36. The molecular weight excluding hydrogens is 349 g/mol. The predicted molar refractivity (Wildman–Crippen MR) is 106 cm³/mol. The van der Waals surface area contributed by atoms with Crippen molar-refractivity contribution in [3.8, 4) is 21.6 Å². The Labute approximate surface area is 155 Å². The molecule has 0 saturated heterocycles. The van der Waals surface area contributed by atoms with Crippen LogP contribution in [0.1, 0.15) is 17.7 Å². The summed E-state index contributed by atoms with van der Waals surface area (Å²) in [5.41, 5.74) is 3.23. The Morgan fingerprint density at radius 1 is 1.00 bits per heavy atom. The van der Waals surface area contributed by atoms with Gasteiger partial charge in [-0.1, -0.05) is 30.3 Å². The molecular formula is C21H16FNS2. The summed E-state index contributed by atoms with van der Waals surface area (Å²) in [7, 11) is 0. The minimum Gasteiger partial charge on any atom is -0.205 e. The van der Waals surface area contributed by atoms with Crippen molar-refractivity contribution in [2.75, 3.05) is 0 Å². The van der Waals surface area contributed by atoms with E-state index in [0.29, 0.717) is 0 Å². The average Bonchev–Trinajstić information content (AvgIpc) is 3.32. The van der Waals surface area contributed by atoms with Crippen LogP contribution in [0.5, 0.6) is 0 Å². The van der Waals surface area contributed by atoms with E-state index in [-0.39, 0.29) is 11.5 Å². The van der Waals surface area contributed by atoms with E-state index >= 15 is 0 Å². The maximum absolute atomic E-state index is 14.0. The molecule has 1 saturated carbocycles. The number of nitrogens with zero attached hydrogens (tertiary/aromatic N) is 1. The topological polar surface area (TPSA) is 12.4 Å². The molecule has 0 radical (unpaired) electrons. The molecule has 1 aromatic heterocycles. The van der Waals surface area contributed by atoms with Crippen LogP contribution in [0.3, 0.4) is 0 Å². The van der Waals surface area contributed by atoms with Gasteiger partial charge in [0, 0.05) is 9.75 Å². The summed E-state index contributed by atoms with van der Waals surface area (Å²) < 4.78 is 14.0. The zero-order chi connectivity index (χ0) is 17.2. The number of thiocarbonyl (C=S) groups is 1. The van der Waals surface area contributed by atoms with Crippen LogP contribution >= 0.6 is 23.6 Å². The van der Waals surface area contributed by atoms with Crippen molar-refractivity contribution in [2.45, 2.75) is 19.3 Å². The molecule has 1 fully saturated rings. The molecule has 124 valence electrons. The van der Waals surface area contributed by atoms with Crippen molar-refractivity contribution in [3.63, 3.8) is 0 Å². The third kappa shape index (κ3) is 3.77. The zero-order valence-electron chi connectivity index (χ0n) is 13.5. The Kier molecular flexibility index (Phi) is 4.58. The fourth-order valence-electron chi connectivity index (χ4n) is 2.90. The first kappa shape index (κ1) is 16.3. The Bertz CT molecular complexity index is 948. The van der Waals surface area contributed by atoms with Crippen LogP contribution in [0.2, 0.25) is 0 Å². The van der Waals surface area contributed by atoms with Gasteiger partial charge in [0.2, 0.25) is 0 Å². The molecule has 25 heavy (non-hydrogen) atoms. The molecule has 0 amide bonds. The lowest BCUT2D eigenvalue weighted by atomic mass is 10.0. The molecule has 3 aromatic rings. The third-order valence-electron chi connectivity index (χ3n) is 4.46. The molecule has 2 aromatic carbocycles. The van der Waals surface area contributed by atoms with E-state index < -0.39 is 0 Å². The smallest absolute Gasteiger partial charge is 0.150 e. The lowest BCUT2D eigenvalue weighted by molar-refractivity contribution is 0.630. The number of hydrogen-bond donors (Lipinski definition) is 0. The number of rotatable bonds is 5. The Balaban J connectivity index is 1.56. The fraction of sp³-hybridized carbons (Fsp3) is 0.190. The van der Waals surface area contributed by atoms with Gasteiger partial charge in [-0.3, -0.25) is 0 Å². The van der Waals surface area contributed by atoms with E-state index in [9.17, 15) is 4.39 Å². The van der Waals surface area contributed by atoms with E-state index in [1.54, 1.807) is 6.07 Å². The number of benzene rings is 2. The van der Waals surface area contributed by atoms with Crippen molar-refractivity contribution >= 4 is 34.4 Å². The first-order valence-electron chi connectivity index (χ1n) is 8.30. The van der Waals surface area contributed by atoms with Gasteiger partial charge in [0.1, 0.15) is 11.5 Å². The summed E-state index contributed by atoms with van der Waals surface area (Å²) in [5, 5.41) is 2.20. The fourth-order valence-corrected chi connectivity index (χ4v) is 4.13. The maximum Gasteiger partial charge on any atom is 0.150 e. The number of halogens is 1. The summed E-state index contributed by atoms with van der Waals surface area (Å²) in [6, 6.07) is 17.7. The Morgan fingerprint density at radius 3 is 2.40 bits per heavy atom. The van der Waals surface area contributed by atoms with Gasteiger partial charge in [-0.2, -0.15) is 4.99 Å². The number of aliphatic imine (C=N–C) groups is 1. The van der Waals surface area contributed by atoms with Gasteiger partial charge >= 0.3 is 0 Å². The van der Waals surface area contributed by atoms with E-state index in [0.717, 1.165) is 17.0 Å². The van der Waals surface area contributed by atoms with Crippen molar-refractivity contribution < 1.29 is 4.39 Å². The molecule has 4 rings (SSSR count). The second-order valence-corrected chi connectivity index (χ2v) is 7.71. The lowest BCUT2D eigenvalue weighted by Crippen LogP contribution is -1.82. The monoisotopic (exact) mass is 365 g/mol. The number of thiophene rings is 1. The summed E-state index contributed by atoms with van der Waals surface area (Å²) in [5.74, 6) is 0.524. The van der Waals surface area contributed by atoms with Gasteiger partial charge in [0.15, 0.2) is 0 Å². The highest BCUT2D eigenvalue weighted by Gasteiger charge is 2.22. The van der Waals surface area contributed by atoms with Gasteiger partial charge in [0.05, 0.1) is 5.16 Å². The molecule has 0 atom stereocenters. The molecule has 0 unspecified atom stereocenters. The van der Waals surface area contributed by atoms with E-state index in [4.69, 9.17) is 0 Å². The molecule has 1 nitrogen and oxygen atoms in total. The molecule has 0 spiro atoms. The van der Waals surface area contributed by atoms with Crippen LogP contribution in [-0.2, 0) is 6.42 Å². The van der Waals surface area contributed by atoms with Crippen LogP contribution in [-0.4, -0.2) is 5.16 Å². The Hall–Kier alpha value is -2.13. The maximum atomic E-state index is 14.0. The normalized spacial score (nSPS) is 13.5. The molecule has 1 aliphatic carbocycles. The average molecular weight is 365 g/mol. The van der Waals surface area contributed by atoms with Gasteiger partial charge in [-0.05, 0) is 78.4 Å². The van der Waals surface area contributed by atoms with E-state index in [2.05, 4.69) is 46.6 Å². The largest absolute Gasteiger partial charge is 0.205 e. The lowest BCUT2D eigenvalue weighted by Gasteiger charge is -2.05. The minimum atomic E-state index is -0.387. The van der Waals surface area contributed by atoms with Crippen LogP contribution < -0.4 is 0 Å². The van der Waals surface area contributed by atoms with E-state index in [1.807, 2.05) is 29.5 Å². The summed E-state index contributed by atoms with van der Waals surface area (Å²) in [4.78, 5) is 6.47. The van der Waals surface area contributed by atoms with Crippen LogP contribution in [0, 0.1) is 11.7 Å². The molecule has 1 heterocycles. The van der Waals surface area contributed by atoms with E-state index in [1.165, 1.54) is 40.6 Å². The minimum absolute atomic E-state index is 0.220. The number of hydrogen-bond acceptors (Lipinski definition) is 3. The van der Waals surface area contributed by atoms with Crippen LogP contribution in [0.4, 0.5) is 10.1 Å². The van der Waals surface area contributed by atoms with Crippen molar-refractivity contribution in [1.29, 1.82) is 0 Å². The second kappa shape index (κ2) is 7.01. The quantitative estimate of drug-likeness (QED) is 0.353. The van der Waals surface area contributed by atoms with Crippen molar-refractivity contribution in [1.82, 2.24) is 0 Å². The number of isothiocyanates is 1. The predicted octanol–water partition coefficient (Wildman–Crippen LogP) is 6.91. The summed E-state index contributed by atoms with van der Waals surface area (Å²) in [6.07, 6.45) is 3.98. The van der Waals surface area contributed by atoms with Gasteiger partial charge in [0.25, 0.3) is 0 Å². The summed E-state index contributed by atoms with van der Waals surface area (Å²) in [6.45, 7) is 0. The van der Waals surface area contributed by atoms with Crippen LogP contribution in [0.25, 0.3) is 21.6 Å². The summed E-state index contributed by atoms with van der Waals surface area (Å²) >= 11 is 6.40. The molecule has 1 aliphatic rings. The van der Waals surface area contributed by atoms with Crippen LogP contribution in [0.15, 0.2) is 59.6 Å². The van der Waals surface area contributed by atoms with Crippen molar-refractivity contribution in [3.05, 3.63) is 65.3 Å². The zero-order valence-corrected chi connectivity index (χ0v) is 15.2. The van der Waals surface area contributed by atoms with Gasteiger partial charge < -0.3 is 0 Å². The molecule has 0 N–H and O–H groups in total.